The number of hydrogen-bond donors (Lipinski definition) is 1. The number of rotatable bonds is 8. The molecule has 1 aromatic carbocycles. The lowest BCUT2D eigenvalue weighted by molar-refractivity contribution is -0.147. The second kappa shape index (κ2) is 10.2. The number of aliphatic hydroxyl groups excluding tert-OH is 1. The number of benzene rings is 1. The van der Waals surface area contributed by atoms with Crippen molar-refractivity contribution >= 4 is 23.4 Å². The van der Waals surface area contributed by atoms with E-state index in [0.717, 1.165) is 24.9 Å². The number of anilines is 1. The molecule has 5 rings (SSSR count). The lowest BCUT2D eigenvalue weighted by Crippen LogP contribution is -2.55. The number of hydrogen-bond acceptors (Lipinski definition) is 5. The zero-order valence-electron chi connectivity index (χ0n) is 20.8. The van der Waals surface area contributed by atoms with E-state index >= 15 is 0 Å². The van der Waals surface area contributed by atoms with Crippen molar-refractivity contribution in [1.29, 1.82) is 0 Å². The maximum atomic E-state index is 14.0. The molecule has 1 spiro atoms. The first-order valence-corrected chi connectivity index (χ1v) is 13.1. The third-order valence-electron chi connectivity index (χ3n) is 7.90. The molecular formula is C28H35N3O5. The maximum Gasteiger partial charge on any atom is 0.249 e. The van der Waals surface area contributed by atoms with Crippen molar-refractivity contribution in [3.05, 3.63) is 54.6 Å². The van der Waals surface area contributed by atoms with Gasteiger partial charge in [0.1, 0.15) is 11.6 Å². The Morgan fingerprint density at radius 1 is 0.972 bits per heavy atom. The molecular weight excluding hydrogens is 458 g/mol. The van der Waals surface area contributed by atoms with Crippen molar-refractivity contribution in [2.75, 3.05) is 37.7 Å². The molecule has 192 valence electrons. The molecule has 4 aliphatic rings. The number of ether oxygens (including phenoxy) is 1. The van der Waals surface area contributed by atoms with Crippen LogP contribution in [0.3, 0.4) is 0 Å². The molecule has 1 aromatic rings. The number of aliphatic hydroxyl groups is 1. The number of amides is 3. The van der Waals surface area contributed by atoms with Gasteiger partial charge >= 0.3 is 0 Å². The van der Waals surface area contributed by atoms with Crippen LogP contribution in [0.4, 0.5) is 5.69 Å². The number of likely N-dealkylation sites (tertiary alicyclic amines) is 1. The Labute approximate surface area is 212 Å². The molecule has 8 heteroatoms. The van der Waals surface area contributed by atoms with Crippen LogP contribution in [0.5, 0.6) is 0 Å². The predicted molar refractivity (Wildman–Crippen MR) is 135 cm³/mol. The summed E-state index contributed by atoms with van der Waals surface area (Å²) in [6.45, 7) is 3.74. The molecule has 2 fully saturated rings. The quantitative estimate of drug-likeness (QED) is 0.443. The van der Waals surface area contributed by atoms with Crippen LogP contribution in [0.2, 0.25) is 0 Å². The zero-order chi connectivity index (χ0) is 25.3. The van der Waals surface area contributed by atoms with Crippen LogP contribution in [-0.2, 0) is 19.1 Å². The summed E-state index contributed by atoms with van der Waals surface area (Å²) in [7, 11) is 0. The summed E-state index contributed by atoms with van der Waals surface area (Å²) < 4.78 is 6.63. The molecule has 4 aliphatic heterocycles. The maximum absolute atomic E-state index is 14.0. The third-order valence-corrected chi connectivity index (χ3v) is 7.90. The standard InChI is InChI=1S/C28H35N3O5/c1-2-3-7-15-29-16-9-14-28-23(26(34)31(18-10-19-32)24(28)27(29)35)22-21(36-28)13-8-17-30(25(22)33)20-11-5-4-6-12-20/h4-6,8-9,11-14,21-24,32H,2-3,7,10,15-19H2,1H3/t21-,22+,23-,24?,28-/m0/s1. The van der Waals surface area contributed by atoms with Crippen LogP contribution in [0.15, 0.2) is 54.6 Å². The van der Waals surface area contributed by atoms with Gasteiger partial charge in [-0.3, -0.25) is 14.4 Å². The van der Waals surface area contributed by atoms with Crippen LogP contribution in [0.25, 0.3) is 0 Å². The van der Waals surface area contributed by atoms with Gasteiger partial charge in [0, 0.05) is 38.5 Å². The Kier molecular flexibility index (Phi) is 6.99. The highest BCUT2D eigenvalue weighted by Gasteiger charge is 2.71. The topological polar surface area (TPSA) is 90.4 Å². The first-order chi connectivity index (χ1) is 17.5. The molecule has 0 saturated carbocycles. The van der Waals surface area contributed by atoms with E-state index in [1.165, 1.54) is 0 Å². The van der Waals surface area contributed by atoms with Crippen molar-refractivity contribution in [2.45, 2.75) is 50.4 Å². The van der Waals surface area contributed by atoms with Crippen molar-refractivity contribution in [2.24, 2.45) is 11.8 Å². The lowest BCUT2D eigenvalue weighted by atomic mass is 9.77. The van der Waals surface area contributed by atoms with Crippen molar-refractivity contribution in [1.82, 2.24) is 9.80 Å². The minimum absolute atomic E-state index is 0.0885. The van der Waals surface area contributed by atoms with Crippen molar-refractivity contribution in [3.63, 3.8) is 0 Å². The Bertz CT molecular complexity index is 1060. The van der Waals surface area contributed by atoms with Crippen LogP contribution in [0, 0.1) is 11.8 Å². The molecule has 4 heterocycles. The van der Waals surface area contributed by atoms with E-state index in [1.807, 2.05) is 54.6 Å². The first-order valence-electron chi connectivity index (χ1n) is 13.1. The lowest BCUT2D eigenvalue weighted by Gasteiger charge is -2.35. The molecule has 3 amide bonds. The highest BCUT2D eigenvalue weighted by molar-refractivity contribution is 6.03. The average Bonchev–Trinajstić information content (AvgIpc) is 3.20. The van der Waals surface area contributed by atoms with E-state index in [-0.39, 0.29) is 30.9 Å². The fourth-order valence-corrected chi connectivity index (χ4v) is 6.26. The largest absolute Gasteiger partial charge is 0.396 e. The summed E-state index contributed by atoms with van der Waals surface area (Å²) in [5.74, 6) is -2.09. The van der Waals surface area contributed by atoms with Gasteiger partial charge in [-0.15, -0.1) is 0 Å². The second-order valence-corrected chi connectivity index (χ2v) is 10.1. The van der Waals surface area contributed by atoms with Gasteiger partial charge in [-0.25, -0.2) is 0 Å². The molecule has 2 saturated heterocycles. The zero-order valence-corrected chi connectivity index (χ0v) is 20.8. The van der Waals surface area contributed by atoms with Gasteiger partial charge in [0.2, 0.25) is 17.7 Å². The highest BCUT2D eigenvalue weighted by atomic mass is 16.5. The molecule has 5 atom stereocenters. The normalized spacial score (nSPS) is 31.4. The average molecular weight is 494 g/mol. The molecule has 0 aromatic heterocycles. The fraction of sp³-hybridized carbons (Fsp3) is 0.536. The van der Waals surface area contributed by atoms with Crippen LogP contribution >= 0.6 is 0 Å². The molecule has 1 N–H and O–H groups in total. The van der Waals surface area contributed by atoms with Crippen molar-refractivity contribution < 1.29 is 24.2 Å². The summed E-state index contributed by atoms with van der Waals surface area (Å²) in [5.41, 5.74) is -0.444. The van der Waals surface area contributed by atoms with E-state index in [1.54, 1.807) is 14.7 Å². The Morgan fingerprint density at radius 2 is 1.78 bits per heavy atom. The summed E-state index contributed by atoms with van der Waals surface area (Å²) in [5, 5.41) is 9.51. The summed E-state index contributed by atoms with van der Waals surface area (Å²) in [4.78, 5) is 47.0. The Balaban J connectivity index is 1.54. The number of unbranched alkanes of at least 4 members (excludes halogenated alkanes) is 2. The number of fused-ring (bicyclic) bond motifs is 2. The summed E-state index contributed by atoms with van der Waals surface area (Å²) in [6.07, 6.45) is 10.3. The van der Waals surface area contributed by atoms with E-state index in [2.05, 4.69) is 6.92 Å². The summed E-state index contributed by atoms with van der Waals surface area (Å²) in [6, 6.07) is 8.58. The van der Waals surface area contributed by atoms with Gasteiger partial charge in [0.05, 0.1) is 17.9 Å². The van der Waals surface area contributed by atoms with Crippen LogP contribution in [-0.4, -0.2) is 83.2 Å². The van der Waals surface area contributed by atoms with Gasteiger partial charge < -0.3 is 24.5 Å². The Morgan fingerprint density at radius 3 is 2.53 bits per heavy atom. The SMILES string of the molecule is CCCCCN1CC=C[C@]23O[C@H]4C=CCN(c5ccccc5)C(=O)[C@H]4[C@H]2C(=O)N(CCCO)C3C1=O. The monoisotopic (exact) mass is 493 g/mol. The molecule has 0 bridgehead atoms. The van der Waals surface area contributed by atoms with Crippen molar-refractivity contribution in [3.8, 4) is 0 Å². The van der Waals surface area contributed by atoms with Gasteiger partial charge in [-0.1, -0.05) is 62.3 Å². The smallest absolute Gasteiger partial charge is 0.249 e. The molecule has 1 unspecified atom stereocenters. The van der Waals surface area contributed by atoms with E-state index in [9.17, 15) is 19.5 Å². The Hall–Kier alpha value is -2.97. The first kappa shape index (κ1) is 24.7. The van der Waals surface area contributed by atoms with E-state index < -0.39 is 29.6 Å². The van der Waals surface area contributed by atoms with Gasteiger partial charge in [-0.05, 0) is 25.0 Å². The molecule has 36 heavy (non-hydrogen) atoms. The van der Waals surface area contributed by atoms with Gasteiger partial charge in [0.25, 0.3) is 0 Å². The molecule has 0 aliphatic carbocycles. The van der Waals surface area contributed by atoms with Gasteiger partial charge in [-0.2, -0.15) is 0 Å². The number of carbonyl (C=O) groups excluding carboxylic acids is 3. The third kappa shape index (κ3) is 3.96. The summed E-state index contributed by atoms with van der Waals surface area (Å²) >= 11 is 0. The van der Waals surface area contributed by atoms with Crippen LogP contribution < -0.4 is 4.90 Å². The minimum Gasteiger partial charge on any atom is -0.396 e. The predicted octanol–water partition coefficient (Wildman–Crippen LogP) is 2.14. The van der Waals surface area contributed by atoms with Crippen LogP contribution in [0.1, 0.15) is 32.6 Å². The minimum atomic E-state index is -1.21. The number of nitrogens with zero attached hydrogens (tertiary/aromatic N) is 3. The fourth-order valence-electron chi connectivity index (χ4n) is 6.26. The molecule has 0 radical (unpaired) electrons. The number of para-hydroxylation sites is 1. The molecule has 8 nitrogen and oxygen atoms in total. The van der Waals surface area contributed by atoms with E-state index in [4.69, 9.17) is 4.74 Å². The second-order valence-electron chi connectivity index (χ2n) is 10.1. The van der Waals surface area contributed by atoms with E-state index in [0.29, 0.717) is 26.1 Å². The van der Waals surface area contributed by atoms with Gasteiger partial charge in [0.15, 0.2) is 0 Å². The highest BCUT2D eigenvalue weighted by Crippen LogP contribution is 2.53. The number of carbonyl (C=O) groups is 3.